The number of sulfonamides is 1. The van der Waals surface area contributed by atoms with E-state index in [1.807, 2.05) is 0 Å². The van der Waals surface area contributed by atoms with Gasteiger partial charge in [-0.05, 0) is 30.3 Å². The predicted molar refractivity (Wildman–Crippen MR) is 97.8 cm³/mol. The normalized spacial score (nSPS) is 22.6. The SMILES string of the molecule is N#Cc1cc(C(F)(F)F)ccc1S(=O)(=O)N1C[C@H](Oc2ccccc2)[C@](O)(CO)C1. The molecule has 0 amide bonds. The minimum Gasteiger partial charge on any atom is -0.486 e. The van der Waals surface area contributed by atoms with Crippen LogP contribution < -0.4 is 4.74 Å². The highest BCUT2D eigenvalue weighted by atomic mass is 32.2. The quantitative estimate of drug-likeness (QED) is 0.730. The number of aliphatic hydroxyl groups is 2. The minimum absolute atomic E-state index is 0.334. The maximum Gasteiger partial charge on any atom is 0.416 e. The second kappa shape index (κ2) is 7.88. The number of benzene rings is 2. The Hall–Kier alpha value is -2.65. The van der Waals surface area contributed by atoms with E-state index in [-0.39, 0.29) is 6.54 Å². The molecule has 0 bridgehead atoms. The molecule has 0 unspecified atom stereocenters. The summed E-state index contributed by atoms with van der Waals surface area (Å²) in [5.41, 5.74) is -3.77. The second-order valence-corrected chi connectivity index (χ2v) is 8.71. The molecule has 2 N–H and O–H groups in total. The average molecular weight is 442 g/mol. The van der Waals surface area contributed by atoms with Crippen molar-refractivity contribution >= 4 is 10.0 Å². The fourth-order valence-corrected chi connectivity index (χ4v) is 4.76. The lowest BCUT2D eigenvalue weighted by atomic mass is 10.0. The molecular weight excluding hydrogens is 425 g/mol. The van der Waals surface area contributed by atoms with Gasteiger partial charge in [0.2, 0.25) is 10.0 Å². The van der Waals surface area contributed by atoms with E-state index in [0.717, 1.165) is 4.31 Å². The molecular formula is C19H17F3N2O5S. The topological polar surface area (TPSA) is 111 Å². The largest absolute Gasteiger partial charge is 0.486 e. The van der Waals surface area contributed by atoms with Gasteiger partial charge >= 0.3 is 6.18 Å². The Morgan fingerprint density at radius 2 is 1.90 bits per heavy atom. The number of hydrogen-bond donors (Lipinski definition) is 2. The minimum atomic E-state index is -4.74. The molecule has 1 aliphatic rings. The number of alkyl halides is 3. The van der Waals surface area contributed by atoms with Gasteiger partial charge in [0.1, 0.15) is 23.5 Å². The molecule has 0 radical (unpaired) electrons. The van der Waals surface area contributed by atoms with Crippen LogP contribution in [-0.4, -0.2) is 54.3 Å². The molecule has 1 aliphatic heterocycles. The van der Waals surface area contributed by atoms with E-state index in [0.29, 0.717) is 23.9 Å². The van der Waals surface area contributed by atoms with Gasteiger partial charge in [-0.15, -0.1) is 0 Å². The van der Waals surface area contributed by atoms with E-state index in [4.69, 9.17) is 4.74 Å². The van der Waals surface area contributed by atoms with Crippen molar-refractivity contribution < 1.29 is 36.5 Å². The lowest BCUT2D eigenvalue weighted by Crippen LogP contribution is -2.48. The summed E-state index contributed by atoms with van der Waals surface area (Å²) in [6.45, 7) is -1.75. The Morgan fingerprint density at radius 3 is 2.47 bits per heavy atom. The maximum absolute atomic E-state index is 13.0. The summed E-state index contributed by atoms with van der Waals surface area (Å²) < 4.78 is 71.1. The molecule has 7 nitrogen and oxygen atoms in total. The number of aliphatic hydroxyl groups excluding tert-OH is 1. The van der Waals surface area contributed by atoms with E-state index >= 15 is 0 Å². The third kappa shape index (κ3) is 4.13. The fourth-order valence-electron chi connectivity index (χ4n) is 3.13. The number of halogens is 3. The second-order valence-electron chi connectivity index (χ2n) is 6.80. The molecule has 0 aliphatic carbocycles. The molecule has 11 heteroatoms. The third-order valence-corrected chi connectivity index (χ3v) is 6.63. The van der Waals surface area contributed by atoms with Crippen molar-refractivity contribution in [2.24, 2.45) is 0 Å². The van der Waals surface area contributed by atoms with Gasteiger partial charge in [0, 0.05) is 6.54 Å². The summed E-state index contributed by atoms with van der Waals surface area (Å²) in [7, 11) is -4.46. The molecule has 2 atom stereocenters. The molecule has 0 saturated carbocycles. The predicted octanol–water partition coefficient (Wildman–Crippen LogP) is 1.75. The summed E-state index contributed by atoms with van der Waals surface area (Å²) in [4.78, 5) is -0.626. The average Bonchev–Trinajstić information content (AvgIpc) is 3.05. The molecule has 1 heterocycles. The molecule has 3 rings (SSSR count). The smallest absolute Gasteiger partial charge is 0.416 e. The molecule has 0 aromatic heterocycles. The van der Waals surface area contributed by atoms with Crippen LogP contribution in [0.3, 0.4) is 0 Å². The summed E-state index contributed by atoms with van der Waals surface area (Å²) in [5, 5.41) is 29.5. The molecule has 1 fully saturated rings. The van der Waals surface area contributed by atoms with Gasteiger partial charge in [-0.1, -0.05) is 18.2 Å². The van der Waals surface area contributed by atoms with Crippen molar-refractivity contribution in [2.75, 3.05) is 19.7 Å². The zero-order chi connectivity index (χ0) is 22.2. The summed E-state index contributed by atoms with van der Waals surface area (Å²) >= 11 is 0. The van der Waals surface area contributed by atoms with Crippen LogP contribution in [0.5, 0.6) is 5.75 Å². The van der Waals surface area contributed by atoms with Crippen molar-refractivity contribution in [1.29, 1.82) is 5.26 Å². The zero-order valence-corrected chi connectivity index (χ0v) is 16.2. The van der Waals surface area contributed by atoms with Gasteiger partial charge in [-0.25, -0.2) is 8.42 Å². The van der Waals surface area contributed by atoms with Crippen LogP contribution in [0.4, 0.5) is 13.2 Å². The van der Waals surface area contributed by atoms with Gasteiger partial charge in [-0.3, -0.25) is 0 Å². The highest BCUT2D eigenvalue weighted by Crippen LogP contribution is 2.34. The van der Waals surface area contributed by atoms with Crippen molar-refractivity contribution in [3.8, 4) is 11.8 Å². The van der Waals surface area contributed by atoms with Crippen LogP contribution in [0.15, 0.2) is 53.4 Å². The Kier molecular flexibility index (Phi) is 5.79. The van der Waals surface area contributed by atoms with Gasteiger partial charge < -0.3 is 14.9 Å². The van der Waals surface area contributed by atoms with Gasteiger partial charge in [0.25, 0.3) is 0 Å². The highest BCUT2D eigenvalue weighted by Gasteiger charge is 2.51. The number of rotatable bonds is 5. The van der Waals surface area contributed by atoms with E-state index < -0.39 is 57.1 Å². The first kappa shape index (κ1) is 22.0. The van der Waals surface area contributed by atoms with E-state index in [2.05, 4.69) is 0 Å². The van der Waals surface area contributed by atoms with Crippen LogP contribution in [0.2, 0.25) is 0 Å². The summed E-state index contributed by atoms with van der Waals surface area (Å²) in [6, 6.07) is 11.4. The Balaban J connectivity index is 1.94. The zero-order valence-electron chi connectivity index (χ0n) is 15.4. The number of nitriles is 1. The number of hydrogen-bond acceptors (Lipinski definition) is 6. The van der Waals surface area contributed by atoms with Crippen LogP contribution in [0, 0.1) is 11.3 Å². The first-order valence-electron chi connectivity index (χ1n) is 8.68. The summed E-state index contributed by atoms with van der Waals surface area (Å²) in [5.74, 6) is 0.334. The monoisotopic (exact) mass is 442 g/mol. The van der Waals surface area contributed by atoms with Crippen LogP contribution in [-0.2, 0) is 16.2 Å². The Bertz CT molecular complexity index is 1070. The first-order chi connectivity index (χ1) is 14.0. The van der Waals surface area contributed by atoms with Crippen molar-refractivity contribution in [3.05, 3.63) is 59.7 Å². The maximum atomic E-state index is 13.0. The van der Waals surface area contributed by atoms with Crippen molar-refractivity contribution in [1.82, 2.24) is 4.31 Å². The molecule has 0 spiro atoms. The number of ether oxygens (including phenoxy) is 1. The highest BCUT2D eigenvalue weighted by molar-refractivity contribution is 7.89. The number of nitrogens with zero attached hydrogens (tertiary/aromatic N) is 2. The molecule has 2 aromatic rings. The van der Waals surface area contributed by atoms with E-state index in [1.165, 1.54) is 6.07 Å². The number of β-amino-alcohol motifs (C(OH)–C–C–N with tert-alkyl or cyclic N) is 1. The first-order valence-corrected chi connectivity index (χ1v) is 10.1. The lowest BCUT2D eigenvalue weighted by Gasteiger charge is -2.27. The van der Waals surface area contributed by atoms with Gasteiger partial charge in [0.15, 0.2) is 0 Å². The fraction of sp³-hybridized carbons (Fsp3) is 0.316. The lowest BCUT2D eigenvalue weighted by molar-refractivity contribution is -0.137. The van der Waals surface area contributed by atoms with Crippen LogP contribution >= 0.6 is 0 Å². The van der Waals surface area contributed by atoms with E-state index in [9.17, 15) is 37.1 Å². The molecule has 2 aromatic carbocycles. The molecule has 30 heavy (non-hydrogen) atoms. The molecule has 160 valence electrons. The van der Waals surface area contributed by atoms with Crippen LogP contribution in [0.1, 0.15) is 11.1 Å². The Labute approximate surface area is 170 Å². The van der Waals surface area contributed by atoms with Gasteiger partial charge in [0.05, 0.1) is 29.2 Å². The van der Waals surface area contributed by atoms with Crippen molar-refractivity contribution in [3.63, 3.8) is 0 Å². The molecule has 1 saturated heterocycles. The van der Waals surface area contributed by atoms with Gasteiger partial charge in [-0.2, -0.15) is 22.7 Å². The van der Waals surface area contributed by atoms with E-state index in [1.54, 1.807) is 30.3 Å². The Morgan fingerprint density at radius 1 is 1.23 bits per heavy atom. The third-order valence-electron chi connectivity index (χ3n) is 4.76. The number of para-hydroxylation sites is 1. The summed E-state index contributed by atoms with van der Waals surface area (Å²) in [6.07, 6.45) is -5.88. The van der Waals surface area contributed by atoms with Crippen molar-refractivity contribution in [2.45, 2.75) is 22.8 Å². The standard InChI is InChI=1S/C19H17F3N2O5S/c20-19(21,22)14-6-7-16(13(8-14)9-23)30(27,28)24-10-17(18(26,11-24)12-25)29-15-4-2-1-3-5-15/h1-8,17,25-26H,10-12H2/t17-,18+/m0/s1. The van der Waals surface area contributed by atoms with Crippen LogP contribution in [0.25, 0.3) is 0 Å².